The molecule has 0 amide bonds. The zero-order valence-electron chi connectivity index (χ0n) is 10.6. The second-order valence-corrected chi connectivity index (χ2v) is 4.68. The molecule has 2 aromatic carbocycles. The molecule has 0 atom stereocenters. The molecule has 0 aliphatic carbocycles. The van der Waals surface area contributed by atoms with Gasteiger partial charge in [-0.25, -0.2) is 0 Å². The Labute approximate surface area is 108 Å². The minimum absolute atomic E-state index is 0.201. The molecule has 0 saturated carbocycles. The van der Waals surface area contributed by atoms with Gasteiger partial charge in [0.2, 0.25) is 0 Å². The molecule has 90 valence electrons. The molecule has 2 aromatic rings. The highest BCUT2D eigenvalue weighted by Gasteiger charge is 2.23. The molecule has 0 bridgehead atoms. The standard InChI is InChI=1S/C15H15BO2/c1-11-5-3-4-6-15(11)18-13-7-8-14-12(9-13)10-17-16(14)2/h3-9H,10H2,1-2H3. The van der Waals surface area contributed by atoms with Crippen LogP contribution in [0.25, 0.3) is 0 Å². The summed E-state index contributed by atoms with van der Waals surface area (Å²) in [7, 11) is 0. The van der Waals surface area contributed by atoms with Crippen LogP contribution in [0.4, 0.5) is 0 Å². The van der Waals surface area contributed by atoms with Crippen LogP contribution in [0.1, 0.15) is 11.1 Å². The van der Waals surface area contributed by atoms with Crippen molar-refractivity contribution in [3.05, 3.63) is 53.6 Å². The molecule has 0 aromatic heterocycles. The third-order valence-corrected chi connectivity index (χ3v) is 3.36. The maximum absolute atomic E-state index is 5.91. The van der Waals surface area contributed by atoms with Gasteiger partial charge in [0.1, 0.15) is 11.5 Å². The van der Waals surface area contributed by atoms with E-state index in [1.54, 1.807) is 0 Å². The number of rotatable bonds is 2. The second-order valence-electron chi connectivity index (χ2n) is 4.68. The minimum Gasteiger partial charge on any atom is -0.457 e. The van der Waals surface area contributed by atoms with Crippen LogP contribution in [-0.4, -0.2) is 6.92 Å². The molecule has 0 fully saturated rings. The summed E-state index contributed by atoms with van der Waals surface area (Å²) in [6.45, 7) is 5.01. The van der Waals surface area contributed by atoms with Crippen LogP contribution >= 0.6 is 0 Å². The van der Waals surface area contributed by atoms with Crippen LogP contribution in [0, 0.1) is 6.92 Å². The highest BCUT2D eigenvalue weighted by molar-refractivity contribution is 6.67. The van der Waals surface area contributed by atoms with Crippen molar-refractivity contribution >= 4 is 12.4 Å². The van der Waals surface area contributed by atoms with Crippen molar-refractivity contribution in [2.45, 2.75) is 20.4 Å². The Morgan fingerprint density at radius 1 is 1.17 bits per heavy atom. The molecule has 3 heteroatoms. The van der Waals surface area contributed by atoms with Crippen LogP contribution in [-0.2, 0) is 11.3 Å². The molecule has 0 N–H and O–H groups in total. The van der Waals surface area contributed by atoms with E-state index < -0.39 is 0 Å². The lowest BCUT2D eigenvalue weighted by Crippen LogP contribution is -2.23. The molecular formula is C15H15BO2. The van der Waals surface area contributed by atoms with Crippen LogP contribution in [0.15, 0.2) is 42.5 Å². The first-order chi connectivity index (χ1) is 8.74. The van der Waals surface area contributed by atoms with Crippen LogP contribution in [0.2, 0.25) is 6.82 Å². The van der Waals surface area contributed by atoms with E-state index in [9.17, 15) is 0 Å². The summed E-state index contributed by atoms with van der Waals surface area (Å²) in [6, 6.07) is 14.2. The summed E-state index contributed by atoms with van der Waals surface area (Å²) in [5, 5.41) is 0. The normalized spacial score (nSPS) is 13.6. The Morgan fingerprint density at radius 2 is 2.00 bits per heavy atom. The third-order valence-electron chi connectivity index (χ3n) is 3.36. The maximum Gasteiger partial charge on any atom is 0.324 e. The number of benzene rings is 2. The minimum atomic E-state index is 0.201. The van der Waals surface area contributed by atoms with Crippen molar-refractivity contribution in [1.82, 2.24) is 0 Å². The summed E-state index contributed by atoms with van der Waals surface area (Å²) in [6.07, 6.45) is 0. The zero-order chi connectivity index (χ0) is 12.5. The van der Waals surface area contributed by atoms with E-state index in [0.29, 0.717) is 6.61 Å². The highest BCUT2D eigenvalue weighted by atomic mass is 16.5. The van der Waals surface area contributed by atoms with E-state index in [1.807, 2.05) is 37.3 Å². The fraction of sp³-hybridized carbons (Fsp3) is 0.200. The van der Waals surface area contributed by atoms with Gasteiger partial charge in [0, 0.05) is 0 Å². The molecule has 3 rings (SSSR count). The molecule has 0 unspecified atom stereocenters. The Bertz CT molecular complexity index is 580. The summed E-state index contributed by atoms with van der Waals surface area (Å²) < 4.78 is 11.5. The number of aryl methyl sites for hydroxylation is 1. The van der Waals surface area contributed by atoms with Gasteiger partial charge < -0.3 is 9.39 Å². The summed E-state index contributed by atoms with van der Waals surface area (Å²) in [5.74, 6) is 1.78. The van der Waals surface area contributed by atoms with Gasteiger partial charge in [0.15, 0.2) is 0 Å². The Morgan fingerprint density at radius 3 is 2.83 bits per heavy atom. The number of ether oxygens (including phenoxy) is 1. The lowest BCUT2D eigenvalue weighted by molar-refractivity contribution is 0.333. The zero-order valence-corrected chi connectivity index (χ0v) is 10.6. The van der Waals surface area contributed by atoms with Crippen LogP contribution < -0.4 is 10.2 Å². The molecular weight excluding hydrogens is 223 g/mol. The first-order valence-corrected chi connectivity index (χ1v) is 6.22. The summed E-state index contributed by atoms with van der Waals surface area (Å²) in [5.41, 5.74) is 3.64. The number of hydrogen-bond acceptors (Lipinski definition) is 2. The van der Waals surface area contributed by atoms with Crippen LogP contribution in [0.5, 0.6) is 11.5 Å². The Hall–Kier alpha value is -1.74. The average molecular weight is 238 g/mol. The molecule has 0 saturated heterocycles. The van der Waals surface area contributed by atoms with Crippen molar-refractivity contribution in [3.63, 3.8) is 0 Å². The molecule has 1 aliphatic rings. The Balaban J connectivity index is 1.89. The van der Waals surface area contributed by atoms with Gasteiger partial charge in [-0.1, -0.05) is 31.1 Å². The van der Waals surface area contributed by atoms with Gasteiger partial charge >= 0.3 is 6.92 Å². The smallest absolute Gasteiger partial charge is 0.324 e. The average Bonchev–Trinajstić information content (AvgIpc) is 2.74. The SMILES string of the molecule is CB1OCc2cc(Oc3ccccc3C)ccc21. The van der Waals surface area contributed by atoms with Crippen molar-refractivity contribution in [2.75, 3.05) is 0 Å². The molecule has 18 heavy (non-hydrogen) atoms. The largest absolute Gasteiger partial charge is 0.457 e. The topological polar surface area (TPSA) is 18.5 Å². The predicted molar refractivity (Wildman–Crippen MR) is 73.7 cm³/mol. The number of para-hydroxylation sites is 1. The quantitative estimate of drug-likeness (QED) is 0.748. The Kier molecular flexibility index (Phi) is 2.84. The third kappa shape index (κ3) is 2.02. The van der Waals surface area contributed by atoms with Gasteiger partial charge in [-0.2, -0.15) is 0 Å². The van der Waals surface area contributed by atoms with Gasteiger partial charge in [0.25, 0.3) is 0 Å². The molecule has 1 aliphatic heterocycles. The molecule has 1 heterocycles. The summed E-state index contributed by atoms with van der Waals surface area (Å²) >= 11 is 0. The molecule has 2 nitrogen and oxygen atoms in total. The van der Waals surface area contributed by atoms with E-state index in [2.05, 4.69) is 19.0 Å². The fourth-order valence-corrected chi connectivity index (χ4v) is 2.27. The van der Waals surface area contributed by atoms with Crippen molar-refractivity contribution in [2.24, 2.45) is 0 Å². The number of hydrogen-bond donors (Lipinski definition) is 0. The fourth-order valence-electron chi connectivity index (χ4n) is 2.27. The van der Waals surface area contributed by atoms with E-state index in [-0.39, 0.29) is 6.92 Å². The van der Waals surface area contributed by atoms with E-state index in [1.165, 1.54) is 11.0 Å². The molecule has 0 spiro atoms. The van der Waals surface area contributed by atoms with Crippen molar-refractivity contribution < 1.29 is 9.39 Å². The van der Waals surface area contributed by atoms with E-state index in [4.69, 9.17) is 9.39 Å². The van der Waals surface area contributed by atoms with Gasteiger partial charge in [-0.3, -0.25) is 0 Å². The predicted octanol–water partition coefficient (Wildman–Crippen LogP) is 3.15. The maximum atomic E-state index is 5.91. The first kappa shape index (κ1) is 11.4. The van der Waals surface area contributed by atoms with E-state index >= 15 is 0 Å². The van der Waals surface area contributed by atoms with Gasteiger partial charge in [-0.05, 0) is 41.7 Å². The first-order valence-electron chi connectivity index (χ1n) is 6.22. The summed E-state index contributed by atoms with van der Waals surface area (Å²) in [4.78, 5) is 0. The van der Waals surface area contributed by atoms with E-state index in [0.717, 1.165) is 17.1 Å². The number of fused-ring (bicyclic) bond motifs is 1. The lowest BCUT2D eigenvalue weighted by Gasteiger charge is -2.09. The monoisotopic (exact) mass is 238 g/mol. The van der Waals surface area contributed by atoms with Gasteiger partial charge in [0.05, 0.1) is 6.61 Å². The van der Waals surface area contributed by atoms with Crippen LogP contribution in [0.3, 0.4) is 0 Å². The molecule has 0 radical (unpaired) electrons. The van der Waals surface area contributed by atoms with Gasteiger partial charge in [-0.15, -0.1) is 0 Å². The lowest BCUT2D eigenvalue weighted by atomic mass is 9.64. The van der Waals surface area contributed by atoms with Crippen molar-refractivity contribution in [1.29, 1.82) is 0 Å². The highest BCUT2D eigenvalue weighted by Crippen LogP contribution is 2.26. The second kappa shape index (κ2) is 4.50. The van der Waals surface area contributed by atoms with Crippen molar-refractivity contribution in [3.8, 4) is 11.5 Å².